The molecule has 0 saturated heterocycles. The zero-order valence-corrected chi connectivity index (χ0v) is 12.7. The number of aliphatic hydroxyl groups is 2. The van der Waals surface area contributed by atoms with Crippen molar-refractivity contribution in [1.82, 2.24) is 5.32 Å². The molecule has 3 N–H and O–H groups in total. The van der Waals surface area contributed by atoms with Crippen molar-refractivity contribution < 1.29 is 14.9 Å². The molecule has 0 heterocycles. The Morgan fingerprint density at radius 2 is 1.85 bits per heavy atom. The quantitative estimate of drug-likeness (QED) is 0.643. The molecule has 114 valence electrons. The number of ether oxygens (including phenoxy) is 1. The van der Waals surface area contributed by atoms with Crippen LogP contribution in [0.1, 0.15) is 26.3 Å². The topological polar surface area (TPSA) is 61.7 Å². The molecular weight excluding hydrogens is 254 g/mol. The molecular formula is C16H27NO3. The van der Waals surface area contributed by atoms with Gasteiger partial charge in [-0.3, -0.25) is 0 Å². The van der Waals surface area contributed by atoms with E-state index in [-0.39, 0.29) is 19.3 Å². The van der Waals surface area contributed by atoms with Crippen LogP contribution in [0.5, 0.6) is 5.75 Å². The van der Waals surface area contributed by atoms with Crippen molar-refractivity contribution in [3.05, 3.63) is 29.8 Å². The summed E-state index contributed by atoms with van der Waals surface area (Å²) in [5, 5.41) is 22.2. The second-order valence-corrected chi connectivity index (χ2v) is 5.40. The smallest absolute Gasteiger partial charge is 0.119 e. The van der Waals surface area contributed by atoms with Crippen LogP contribution in [0.2, 0.25) is 0 Å². The van der Waals surface area contributed by atoms with E-state index in [1.807, 2.05) is 38.1 Å². The molecule has 20 heavy (non-hydrogen) atoms. The summed E-state index contributed by atoms with van der Waals surface area (Å²) in [7, 11) is 0. The first-order valence-corrected chi connectivity index (χ1v) is 7.30. The Hall–Kier alpha value is -1.10. The lowest BCUT2D eigenvalue weighted by atomic mass is 10.1. The van der Waals surface area contributed by atoms with Gasteiger partial charge in [0.25, 0.3) is 0 Å². The van der Waals surface area contributed by atoms with Gasteiger partial charge in [-0.05, 0) is 30.0 Å². The van der Waals surface area contributed by atoms with E-state index in [2.05, 4.69) is 12.2 Å². The Kier molecular flexibility index (Phi) is 7.59. The fraction of sp³-hybridized carbons (Fsp3) is 0.625. The van der Waals surface area contributed by atoms with Gasteiger partial charge < -0.3 is 20.3 Å². The van der Waals surface area contributed by atoms with Gasteiger partial charge in [0.15, 0.2) is 0 Å². The fourth-order valence-electron chi connectivity index (χ4n) is 1.87. The predicted octanol–water partition coefficient (Wildman–Crippen LogP) is 1.60. The Balaban J connectivity index is 2.29. The van der Waals surface area contributed by atoms with E-state index in [4.69, 9.17) is 4.74 Å². The van der Waals surface area contributed by atoms with Gasteiger partial charge in [0.1, 0.15) is 18.5 Å². The Morgan fingerprint density at radius 3 is 2.35 bits per heavy atom. The summed E-state index contributed by atoms with van der Waals surface area (Å²) in [6.45, 7) is 6.91. The highest BCUT2D eigenvalue weighted by Gasteiger charge is 2.13. The Labute approximate surface area is 121 Å². The van der Waals surface area contributed by atoms with Gasteiger partial charge in [-0.2, -0.15) is 0 Å². The summed E-state index contributed by atoms with van der Waals surface area (Å²) in [4.78, 5) is 0. The van der Waals surface area contributed by atoms with E-state index in [9.17, 15) is 10.2 Å². The molecule has 0 radical (unpaired) electrons. The maximum atomic E-state index is 9.87. The van der Waals surface area contributed by atoms with Crippen molar-refractivity contribution in [2.24, 2.45) is 5.92 Å². The van der Waals surface area contributed by atoms with Crippen molar-refractivity contribution in [3.8, 4) is 5.75 Å². The van der Waals surface area contributed by atoms with Crippen LogP contribution in [0.15, 0.2) is 24.3 Å². The number of aryl methyl sites for hydroxylation is 1. The van der Waals surface area contributed by atoms with Crippen molar-refractivity contribution in [3.63, 3.8) is 0 Å². The molecule has 0 aliphatic heterocycles. The van der Waals surface area contributed by atoms with Crippen LogP contribution in [-0.4, -0.2) is 42.1 Å². The molecule has 0 bridgehead atoms. The molecule has 1 rings (SSSR count). The zero-order chi connectivity index (χ0) is 15.0. The van der Waals surface area contributed by atoms with Gasteiger partial charge in [0.2, 0.25) is 0 Å². The molecule has 2 atom stereocenters. The predicted molar refractivity (Wildman–Crippen MR) is 81.0 cm³/mol. The molecule has 0 aliphatic rings. The van der Waals surface area contributed by atoms with Gasteiger partial charge in [0, 0.05) is 12.6 Å². The normalized spacial score (nSPS) is 14.3. The highest BCUT2D eigenvalue weighted by molar-refractivity contribution is 5.27. The standard InChI is InChI=1S/C16H27NO3/c1-4-13-5-7-15(8-6-13)20-11-14(19)9-17-16(10-18)12(2)3/h5-8,12,14,16-19H,4,9-11H2,1-3H3/t14?,16-/m1/s1. The zero-order valence-electron chi connectivity index (χ0n) is 12.7. The molecule has 1 aromatic rings. The molecule has 0 aliphatic carbocycles. The summed E-state index contributed by atoms with van der Waals surface area (Å²) in [5.74, 6) is 1.10. The highest BCUT2D eigenvalue weighted by atomic mass is 16.5. The maximum absolute atomic E-state index is 9.87. The minimum absolute atomic E-state index is 0.00786. The lowest BCUT2D eigenvalue weighted by Gasteiger charge is -2.22. The van der Waals surface area contributed by atoms with E-state index >= 15 is 0 Å². The number of hydrogen-bond donors (Lipinski definition) is 3. The monoisotopic (exact) mass is 281 g/mol. The minimum Gasteiger partial charge on any atom is -0.491 e. The third-order valence-electron chi connectivity index (χ3n) is 3.39. The number of benzene rings is 1. The lowest BCUT2D eigenvalue weighted by Crippen LogP contribution is -2.42. The van der Waals surface area contributed by atoms with E-state index in [1.54, 1.807) is 0 Å². The Bertz CT molecular complexity index is 364. The van der Waals surface area contributed by atoms with Gasteiger partial charge in [-0.1, -0.05) is 32.9 Å². The number of hydrogen-bond acceptors (Lipinski definition) is 4. The van der Waals surface area contributed by atoms with Crippen molar-refractivity contribution in [2.45, 2.75) is 39.3 Å². The van der Waals surface area contributed by atoms with Crippen LogP contribution < -0.4 is 10.1 Å². The van der Waals surface area contributed by atoms with Crippen LogP contribution in [0, 0.1) is 5.92 Å². The molecule has 0 saturated carbocycles. The SMILES string of the molecule is CCc1ccc(OCC(O)CN[C@H](CO)C(C)C)cc1. The van der Waals surface area contributed by atoms with Gasteiger partial charge >= 0.3 is 0 Å². The summed E-state index contributed by atoms with van der Waals surface area (Å²) < 4.78 is 5.54. The van der Waals surface area contributed by atoms with Crippen molar-refractivity contribution in [1.29, 1.82) is 0 Å². The molecule has 0 fully saturated rings. The lowest BCUT2D eigenvalue weighted by molar-refractivity contribution is 0.0962. The average Bonchev–Trinajstić information content (AvgIpc) is 2.46. The average molecular weight is 281 g/mol. The van der Waals surface area contributed by atoms with Gasteiger partial charge in [-0.15, -0.1) is 0 Å². The third-order valence-corrected chi connectivity index (χ3v) is 3.39. The highest BCUT2D eigenvalue weighted by Crippen LogP contribution is 2.12. The van der Waals surface area contributed by atoms with Crippen LogP contribution >= 0.6 is 0 Å². The largest absolute Gasteiger partial charge is 0.491 e. The van der Waals surface area contributed by atoms with E-state index in [1.165, 1.54) is 5.56 Å². The first-order valence-electron chi connectivity index (χ1n) is 7.30. The molecule has 0 aromatic heterocycles. The molecule has 1 unspecified atom stereocenters. The summed E-state index contributed by atoms with van der Waals surface area (Å²) in [6, 6.07) is 7.90. The number of aliphatic hydroxyl groups excluding tert-OH is 2. The van der Waals surface area contributed by atoms with Crippen molar-refractivity contribution in [2.75, 3.05) is 19.8 Å². The second kappa shape index (κ2) is 8.95. The minimum atomic E-state index is -0.589. The Morgan fingerprint density at radius 1 is 1.20 bits per heavy atom. The number of nitrogens with one attached hydrogen (secondary N) is 1. The number of rotatable bonds is 9. The van der Waals surface area contributed by atoms with E-state index < -0.39 is 6.10 Å². The van der Waals surface area contributed by atoms with Gasteiger partial charge in [0.05, 0.1) is 6.61 Å². The summed E-state index contributed by atoms with van der Waals surface area (Å²) in [5.41, 5.74) is 1.27. The van der Waals surface area contributed by atoms with Gasteiger partial charge in [-0.25, -0.2) is 0 Å². The van der Waals surface area contributed by atoms with Crippen LogP contribution in [-0.2, 0) is 6.42 Å². The summed E-state index contributed by atoms with van der Waals surface area (Å²) >= 11 is 0. The molecule has 4 heteroatoms. The van der Waals surface area contributed by atoms with E-state index in [0.29, 0.717) is 12.5 Å². The van der Waals surface area contributed by atoms with Crippen LogP contribution in [0.3, 0.4) is 0 Å². The van der Waals surface area contributed by atoms with E-state index in [0.717, 1.165) is 12.2 Å². The first kappa shape index (κ1) is 17.0. The molecule has 1 aromatic carbocycles. The maximum Gasteiger partial charge on any atom is 0.119 e. The third kappa shape index (κ3) is 5.90. The molecule has 4 nitrogen and oxygen atoms in total. The molecule has 0 spiro atoms. The fourth-order valence-corrected chi connectivity index (χ4v) is 1.87. The summed E-state index contributed by atoms with van der Waals surface area (Å²) in [6.07, 6.45) is 0.415. The van der Waals surface area contributed by atoms with Crippen LogP contribution in [0.4, 0.5) is 0 Å². The molecule has 0 amide bonds. The first-order chi connectivity index (χ1) is 9.56. The van der Waals surface area contributed by atoms with Crippen molar-refractivity contribution >= 4 is 0 Å². The second-order valence-electron chi connectivity index (χ2n) is 5.40. The van der Waals surface area contributed by atoms with Crippen LogP contribution in [0.25, 0.3) is 0 Å².